The molecule has 0 fully saturated rings. The average Bonchev–Trinajstić information content (AvgIpc) is 2.70. The quantitative estimate of drug-likeness (QED) is 0.291. The predicted molar refractivity (Wildman–Crippen MR) is 125 cm³/mol. The van der Waals surface area contributed by atoms with Crippen LogP contribution in [0.1, 0.15) is 27.9 Å². The fourth-order valence-electron chi connectivity index (χ4n) is 2.86. The number of nitrogens with zero attached hydrogens (tertiary/aromatic N) is 2. The van der Waals surface area contributed by atoms with Crippen LogP contribution in [0.4, 0.5) is 13.2 Å². The van der Waals surface area contributed by atoms with E-state index in [-0.39, 0.29) is 30.6 Å². The lowest BCUT2D eigenvalue weighted by Gasteiger charge is -2.15. The lowest BCUT2D eigenvalue weighted by molar-refractivity contribution is -0.176. The van der Waals surface area contributed by atoms with Crippen LogP contribution in [0.25, 0.3) is 0 Å². The zero-order valence-corrected chi connectivity index (χ0v) is 20.3. The molecule has 31 heavy (non-hydrogen) atoms. The molecule has 0 aliphatic rings. The Bertz CT molecular complexity index is 859. The molecule has 0 aliphatic carbocycles. The number of guanidine groups is 1. The molecular weight excluding hydrogens is 524 g/mol. The number of alkyl halides is 3. The summed E-state index contributed by atoms with van der Waals surface area (Å²) >= 11 is 0. The topological polar surface area (TPSA) is 67.8 Å². The Hall–Kier alpha value is -2.08. The van der Waals surface area contributed by atoms with Crippen molar-refractivity contribution < 1.29 is 22.6 Å². The molecule has 0 spiro atoms. The Morgan fingerprint density at radius 2 is 1.68 bits per heavy atom. The molecule has 172 valence electrons. The molecular formula is C21H28F3IN4O2. The van der Waals surface area contributed by atoms with Crippen molar-refractivity contribution in [1.29, 1.82) is 0 Å². The van der Waals surface area contributed by atoms with Crippen molar-refractivity contribution >= 4 is 29.9 Å². The average molecular weight is 552 g/mol. The van der Waals surface area contributed by atoms with Crippen molar-refractivity contribution in [2.45, 2.75) is 39.7 Å². The number of aliphatic imine (C=N–C) groups is 1. The molecule has 6 nitrogen and oxygen atoms in total. The number of benzene rings is 1. The highest BCUT2D eigenvalue weighted by Crippen LogP contribution is 2.23. The van der Waals surface area contributed by atoms with Crippen LogP contribution in [0, 0.1) is 13.8 Å². The van der Waals surface area contributed by atoms with Gasteiger partial charge in [-0.15, -0.1) is 24.0 Å². The van der Waals surface area contributed by atoms with E-state index in [1.165, 1.54) is 0 Å². The molecule has 0 atom stereocenters. The number of rotatable bonds is 8. The highest BCUT2D eigenvalue weighted by atomic mass is 127. The van der Waals surface area contributed by atoms with Gasteiger partial charge >= 0.3 is 6.18 Å². The second kappa shape index (κ2) is 12.7. The van der Waals surface area contributed by atoms with Gasteiger partial charge in [-0.25, -0.2) is 0 Å². The van der Waals surface area contributed by atoms with E-state index < -0.39 is 12.8 Å². The van der Waals surface area contributed by atoms with Gasteiger partial charge < -0.3 is 20.1 Å². The van der Waals surface area contributed by atoms with Crippen molar-refractivity contribution in [1.82, 2.24) is 15.6 Å². The molecule has 2 aromatic rings. The maximum absolute atomic E-state index is 12.1. The first-order valence-electron chi connectivity index (χ1n) is 9.39. The predicted octanol–water partition coefficient (Wildman–Crippen LogP) is 4.27. The zero-order valence-electron chi connectivity index (χ0n) is 18.0. The van der Waals surface area contributed by atoms with Gasteiger partial charge in [-0.1, -0.05) is 24.3 Å². The summed E-state index contributed by atoms with van der Waals surface area (Å²) in [5.74, 6) is 1.43. The third kappa shape index (κ3) is 8.90. The van der Waals surface area contributed by atoms with Crippen LogP contribution in [-0.4, -0.2) is 37.9 Å². The molecule has 10 heteroatoms. The van der Waals surface area contributed by atoms with Crippen molar-refractivity contribution in [3.63, 3.8) is 0 Å². The summed E-state index contributed by atoms with van der Waals surface area (Å²) in [7, 11) is 3.31. The van der Waals surface area contributed by atoms with Gasteiger partial charge in [0.2, 0.25) is 0 Å². The number of hydrogen-bond acceptors (Lipinski definition) is 4. The highest BCUT2D eigenvalue weighted by molar-refractivity contribution is 14.0. The highest BCUT2D eigenvalue weighted by Gasteiger charge is 2.27. The Morgan fingerprint density at radius 3 is 2.26 bits per heavy atom. The number of halogens is 4. The second-order valence-corrected chi connectivity index (χ2v) is 6.75. The summed E-state index contributed by atoms with van der Waals surface area (Å²) in [6, 6.07) is 7.16. The van der Waals surface area contributed by atoms with Gasteiger partial charge in [0, 0.05) is 30.9 Å². The molecule has 0 radical (unpaired) electrons. The Morgan fingerprint density at radius 1 is 1.06 bits per heavy atom. The fraction of sp³-hybridized carbons (Fsp3) is 0.429. The first-order chi connectivity index (χ1) is 14.2. The van der Waals surface area contributed by atoms with Crippen LogP contribution < -0.4 is 15.4 Å². The summed E-state index contributed by atoms with van der Waals surface area (Å²) in [5, 5.41) is 6.41. The third-order valence-electron chi connectivity index (χ3n) is 4.41. The second-order valence-electron chi connectivity index (χ2n) is 6.75. The molecule has 2 N–H and O–H groups in total. The van der Waals surface area contributed by atoms with E-state index in [0.29, 0.717) is 24.6 Å². The van der Waals surface area contributed by atoms with Crippen molar-refractivity contribution in [2.75, 3.05) is 20.8 Å². The number of aromatic nitrogens is 1. The summed E-state index contributed by atoms with van der Waals surface area (Å²) in [6.07, 6.45) is -2.54. The molecule has 1 heterocycles. The van der Waals surface area contributed by atoms with Crippen molar-refractivity contribution in [2.24, 2.45) is 4.99 Å². The first kappa shape index (κ1) is 27.0. The summed E-state index contributed by atoms with van der Waals surface area (Å²) in [4.78, 5) is 8.65. The minimum atomic E-state index is -4.31. The van der Waals surface area contributed by atoms with E-state index >= 15 is 0 Å². The maximum Gasteiger partial charge on any atom is 0.411 e. The largest absolute Gasteiger partial charge is 0.496 e. The Kier molecular flexibility index (Phi) is 11.0. The van der Waals surface area contributed by atoms with Crippen LogP contribution in [-0.2, 0) is 24.4 Å². The van der Waals surface area contributed by atoms with E-state index in [9.17, 15) is 13.2 Å². The van der Waals surface area contributed by atoms with Crippen LogP contribution in [0.15, 0.2) is 35.5 Å². The molecule has 1 aromatic carbocycles. The van der Waals surface area contributed by atoms with E-state index in [1.54, 1.807) is 32.5 Å². The molecule has 2 rings (SSSR count). The van der Waals surface area contributed by atoms with Gasteiger partial charge in [0.1, 0.15) is 12.4 Å². The molecule has 0 unspecified atom stereocenters. The Labute approximate surface area is 197 Å². The third-order valence-corrected chi connectivity index (χ3v) is 4.41. The number of pyridine rings is 1. The van der Waals surface area contributed by atoms with Crippen molar-refractivity contribution in [3.05, 3.63) is 58.4 Å². The van der Waals surface area contributed by atoms with Crippen LogP contribution >= 0.6 is 24.0 Å². The lowest BCUT2D eigenvalue weighted by atomic mass is 10.1. The number of methoxy groups -OCH3 is 1. The summed E-state index contributed by atoms with van der Waals surface area (Å²) < 4.78 is 46.5. The smallest absolute Gasteiger partial charge is 0.411 e. The van der Waals surface area contributed by atoms with E-state index in [1.807, 2.05) is 26.0 Å². The molecule has 0 amide bonds. The molecule has 0 saturated heterocycles. The summed E-state index contributed by atoms with van der Waals surface area (Å²) in [6.45, 7) is 3.57. The SMILES string of the molecule is CN=C(NCc1ccc(COCC(F)(F)F)cc1)NCc1ncc(C)c(OC)c1C.I. The van der Waals surface area contributed by atoms with Gasteiger partial charge in [0.05, 0.1) is 26.0 Å². The summed E-state index contributed by atoms with van der Waals surface area (Å²) in [5.41, 5.74) is 4.46. The zero-order chi connectivity index (χ0) is 22.1. The van der Waals surface area contributed by atoms with Crippen molar-refractivity contribution in [3.8, 4) is 5.75 Å². The molecule has 0 saturated carbocycles. The fourth-order valence-corrected chi connectivity index (χ4v) is 2.86. The maximum atomic E-state index is 12.1. The van der Waals surface area contributed by atoms with Gasteiger partial charge in [-0.3, -0.25) is 9.98 Å². The number of hydrogen-bond donors (Lipinski definition) is 2. The monoisotopic (exact) mass is 552 g/mol. The number of aryl methyl sites for hydroxylation is 1. The van der Waals surface area contributed by atoms with E-state index in [0.717, 1.165) is 28.1 Å². The van der Waals surface area contributed by atoms with Gasteiger partial charge in [0.15, 0.2) is 5.96 Å². The molecule has 0 aliphatic heterocycles. The van der Waals surface area contributed by atoms with E-state index in [4.69, 9.17) is 4.74 Å². The Balaban J connectivity index is 0.00000480. The lowest BCUT2D eigenvalue weighted by Crippen LogP contribution is -2.36. The van der Waals surface area contributed by atoms with Crippen LogP contribution in [0.2, 0.25) is 0 Å². The normalized spacial score (nSPS) is 11.6. The number of nitrogens with one attached hydrogen (secondary N) is 2. The number of ether oxygens (including phenoxy) is 2. The minimum Gasteiger partial charge on any atom is -0.496 e. The standard InChI is InChI=1S/C21H27F3N4O2.HI/c1-14-9-26-18(15(2)19(14)29-4)11-28-20(25-3)27-10-16-5-7-17(8-6-16)12-30-13-21(22,23)24;/h5-9H,10-13H2,1-4H3,(H2,25,27,28);1H. The van der Waals surface area contributed by atoms with Crippen LogP contribution in [0.5, 0.6) is 5.75 Å². The van der Waals surface area contributed by atoms with Gasteiger partial charge in [-0.05, 0) is 25.0 Å². The molecule has 1 aromatic heterocycles. The first-order valence-corrected chi connectivity index (χ1v) is 9.39. The molecule has 0 bridgehead atoms. The van der Waals surface area contributed by atoms with E-state index in [2.05, 4.69) is 25.3 Å². The van der Waals surface area contributed by atoms with Gasteiger partial charge in [0.25, 0.3) is 0 Å². The van der Waals surface area contributed by atoms with Gasteiger partial charge in [-0.2, -0.15) is 13.2 Å². The minimum absolute atomic E-state index is 0. The van der Waals surface area contributed by atoms with Crippen LogP contribution in [0.3, 0.4) is 0 Å².